The van der Waals surface area contributed by atoms with E-state index in [9.17, 15) is 13.2 Å². The van der Waals surface area contributed by atoms with E-state index in [0.29, 0.717) is 25.2 Å². The molecule has 1 amide bonds. The molecule has 0 aromatic heterocycles. The Hall–Kier alpha value is -2.26. The molecule has 0 radical (unpaired) electrons. The molecule has 2 aliphatic rings. The highest BCUT2D eigenvalue weighted by atomic mass is 32.2. The van der Waals surface area contributed by atoms with E-state index in [0.717, 1.165) is 25.9 Å². The summed E-state index contributed by atoms with van der Waals surface area (Å²) in [4.78, 5) is 15.5. The minimum atomic E-state index is -3.71. The maximum absolute atomic E-state index is 13.2. The molecule has 2 aromatic carbocycles. The van der Waals surface area contributed by atoms with E-state index in [1.165, 1.54) is 15.9 Å². The van der Waals surface area contributed by atoms with Gasteiger partial charge in [-0.25, -0.2) is 8.42 Å². The van der Waals surface area contributed by atoms with Crippen molar-refractivity contribution in [3.05, 3.63) is 65.7 Å². The summed E-state index contributed by atoms with van der Waals surface area (Å²) < 4.78 is 33.5. The van der Waals surface area contributed by atoms with Crippen LogP contribution in [0.5, 0.6) is 0 Å². The first-order chi connectivity index (χ1) is 15.8. The van der Waals surface area contributed by atoms with Crippen molar-refractivity contribution in [2.45, 2.75) is 49.8 Å². The number of carbonyl (C=O) groups is 1. The van der Waals surface area contributed by atoms with Crippen LogP contribution >= 0.6 is 0 Å². The number of morpholine rings is 1. The van der Waals surface area contributed by atoms with Crippen LogP contribution in [-0.2, 0) is 14.8 Å². The van der Waals surface area contributed by atoms with Gasteiger partial charge in [-0.05, 0) is 63.5 Å². The smallest absolute Gasteiger partial charge is 0.251 e. The number of amides is 1. The molecule has 33 heavy (non-hydrogen) atoms. The van der Waals surface area contributed by atoms with Gasteiger partial charge >= 0.3 is 0 Å². The number of nitrogens with zero attached hydrogens (tertiary/aromatic N) is 2. The Labute approximate surface area is 196 Å². The number of hydrogen-bond acceptors (Lipinski definition) is 5. The van der Waals surface area contributed by atoms with Crippen LogP contribution in [0.25, 0.3) is 0 Å². The minimum absolute atomic E-state index is 0.0980. The van der Waals surface area contributed by atoms with Gasteiger partial charge in [-0.2, -0.15) is 4.31 Å². The fourth-order valence-electron chi connectivity index (χ4n) is 4.75. The van der Waals surface area contributed by atoms with Gasteiger partial charge in [0.2, 0.25) is 10.0 Å². The Morgan fingerprint density at radius 3 is 2.36 bits per heavy atom. The van der Waals surface area contributed by atoms with Crippen molar-refractivity contribution < 1.29 is 17.9 Å². The van der Waals surface area contributed by atoms with Gasteiger partial charge in [-0.15, -0.1) is 0 Å². The molecule has 0 aliphatic carbocycles. The summed E-state index contributed by atoms with van der Waals surface area (Å²) in [5, 5.41) is 3.04. The van der Waals surface area contributed by atoms with Gasteiger partial charge < -0.3 is 10.1 Å². The van der Waals surface area contributed by atoms with Crippen molar-refractivity contribution in [1.29, 1.82) is 0 Å². The molecule has 7 nitrogen and oxygen atoms in total. The Morgan fingerprint density at radius 1 is 1.03 bits per heavy atom. The summed E-state index contributed by atoms with van der Waals surface area (Å²) in [6.45, 7) is 6.84. The van der Waals surface area contributed by atoms with E-state index in [4.69, 9.17) is 4.74 Å². The zero-order chi connectivity index (χ0) is 23.4. The number of hydrogen-bond donors (Lipinski definition) is 1. The minimum Gasteiger partial charge on any atom is -0.373 e. The monoisotopic (exact) mass is 471 g/mol. The Kier molecular flexibility index (Phi) is 7.48. The molecule has 4 rings (SSSR count). The molecule has 178 valence electrons. The van der Waals surface area contributed by atoms with Crippen molar-refractivity contribution >= 4 is 15.9 Å². The molecule has 2 fully saturated rings. The molecule has 0 spiro atoms. The van der Waals surface area contributed by atoms with Gasteiger partial charge in [0.25, 0.3) is 5.91 Å². The summed E-state index contributed by atoms with van der Waals surface area (Å²) in [5.41, 5.74) is 1.52. The van der Waals surface area contributed by atoms with Gasteiger partial charge in [0, 0.05) is 25.2 Å². The van der Waals surface area contributed by atoms with Gasteiger partial charge in [0.05, 0.1) is 23.1 Å². The van der Waals surface area contributed by atoms with Crippen LogP contribution in [-0.4, -0.2) is 68.5 Å². The predicted molar refractivity (Wildman–Crippen MR) is 128 cm³/mol. The van der Waals surface area contributed by atoms with E-state index in [1.807, 2.05) is 32.0 Å². The molecule has 0 bridgehead atoms. The highest BCUT2D eigenvalue weighted by Gasteiger charge is 2.32. The van der Waals surface area contributed by atoms with Crippen LogP contribution in [0.15, 0.2) is 59.5 Å². The summed E-state index contributed by atoms with van der Waals surface area (Å²) >= 11 is 0. The second-order valence-corrected chi connectivity index (χ2v) is 10.9. The second-order valence-electron chi connectivity index (χ2n) is 8.99. The fourth-order valence-corrected chi connectivity index (χ4v) is 6.39. The number of nitrogens with one attached hydrogen (secondary N) is 1. The van der Waals surface area contributed by atoms with Crippen LogP contribution in [0.2, 0.25) is 0 Å². The van der Waals surface area contributed by atoms with Crippen LogP contribution < -0.4 is 5.32 Å². The van der Waals surface area contributed by atoms with E-state index in [-0.39, 0.29) is 29.1 Å². The lowest BCUT2D eigenvalue weighted by Crippen LogP contribution is -2.48. The zero-order valence-corrected chi connectivity index (χ0v) is 20.1. The third kappa shape index (κ3) is 5.63. The van der Waals surface area contributed by atoms with Crippen LogP contribution in [0.1, 0.15) is 48.7 Å². The van der Waals surface area contributed by atoms with Gasteiger partial charge in [0.15, 0.2) is 0 Å². The number of benzene rings is 2. The quantitative estimate of drug-likeness (QED) is 0.672. The van der Waals surface area contributed by atoms with Gasteiger partial charge in [0.1, 0.15) is 0 Å². The first-order valence-corrected chi connectivity index (χ1v) is 13.1. The molecule has 1 N–H and O–H groups in total. The second kappa shape index (κ2) is 10.3. The standard InChI is InChI=1S/C25H33N3O4S/c1-19-17-28(18-20(2)32-19)33(30,31)23-12-8-11-22(15-23)25(29)26-16-24(27-13-6-7-14-27)21-9-4-3-5-10-21/h3-5,8-12,15,19-20,24H,6-7,13-14,16-18H2,1-2H3,(H,26,29)/t19-,20+,24-/m0/s1. The molecule has 0 saturated carbocycles. The van der Waals surface area contributed by atoms with Crippen LogP contribution in [0.3, 0.4) is 0 Å². The van der Waals surface area contributed by atoms with Crippen molar-refractivity contribution in [2.75, 3.05) is 32.7 Å². The van der Waals surface area contributed by atoms with Crippen LogP contribution in [0, 0.1) is 0 Å². The molecule has 2 heterocycles. The van der Waals surface area contributed by atoms with Crippen molar-refractivity contribution in [3.63, 3.8) is 0 Å². The highest BCUT2D eigenvalue weighted by molar-refractivity contribution is 7.89. The first kappa shape index (κ1) is 23.9. The lowest BCUT2D eigenvalue weighted by molar-refractivity contribution is -0.0440. The van der Waals surface area contributed by atoms with Gasteiger partial charge in [-0.3, -0.25) is 9.69 Å². The molecule has 2 aromatic rings. The molecule has 2 aliphatic heterocycles. The number of likely N-dealkylation sites (tertiary alicyclic amines) is 1. The normalized spacial score (nSPS) is 23.3. The largest absolute Gasteiger partial charge is 0.373 e. The number of ether oxygens (including phenoxy) is 1. The van der Waals surface area contributed by atoms with Gasteiger partial charge in [-0.1, -0.05) is 36.4 Å². The summed E-state index contributed by atoms with van der Waals surface area (Å²) in [7, 11) is -3.71. The molecule has 2 saturated heterocycles. The maximum Gasteiger partial charge on any atom is 0.251 e. The molecule has 8 heteroatoms. The van der Waals surface area contributed by atoms with Crippen molar-refractivity contribution in [1.82, 2.24) is 14.5 Å². The Bertz CT molecular complexity index is 1040. The lowest BCUT2D eigenvalue weighted by Gasteiger charge is -2.34. The maximum atomic E-state index is 13.2. The molecule has 3 atom stereocenters. The van der Waals surface area contributed by atoms with Crippen molar-refractivity contribution in [2.24, 2.45) is 0 Å². The van der Waals surface area contributed by atoms with E-state index < -0.39 is 10.0 Å². The third-order valence-electron chi connectivity index (χ3n) is 6.34. The first-order valence-electron chi connectivity index (χ1n) is 11.7. The average molecular weight is 472 g/mol. The van der Waals surface area contributed by atoms with Crippen molar-refractivity contribution in [3.8, 4) is 0 Å². The van der Waals surface area contributed by atoms with E-state index >= 15 is 0 Å². The van der Waals surface area contributed by atoms with E-state index in [1.54, 1.807) is 18.2 Å². The zero-order valence-electron chi connectivity index (χ0n) is 19.3. The summed E-state index contributed by atoms with van der Waals surface area (Å²) in [6, 6.07) is 16.6. The topological polar surface area (TPSA) is 79.0 Å². The third-order valence-corrected chi connectivity index (χ3v) is 8.17. The predicted octanol–water partition coefficient (Wildman–Crippen LogP) is 3.05. The Balaban J connectivity index is 1.48. The molecular weight excluding hydrogens is 438 g/mol. The fraction of sp³-hybridized carbons (Fsp3) is 0.480. The summed E-state index contributed by atoms with van der Waals surface area (Å²) in [5.74, 6) is -0.268. The number of carbonyl (C=O) groups excluding carboxylic acids is 1. The summed E-state index contributed by atoms with van der Waals surface area (Å²) in [6.07, 6.45) is 1.98. The number of rotatable bonds is 7. The molecular formula is C25H33N3O4S. The lowest BCUT2D eigenvalue weighted by atomic mass is 10.1. The highest BCUT2D eigenvalue weighted by Crippen LogP contribution is 2.25. The Morgan fingerprint density at radius 2 is 1.70 bits per heavy atom. The SMILES string of the molecule is C[C@@H]1CN(S(=O)(=O)c2cccc(C(=O)NC[C@@H](c3ccccc3)N3CCCC3)c2)C[C@H](C)O1. The van der Waals surface area contributed by atoms with Crippen LogP contribution in [0.4, 0.5) is 0 Å². The number of sulfonamides is 1. The average Bonchev–Trinajstić information content (AvgIpc) is 3.34. The molecule has 0 unspecified atom stereocenters. The van der Waals surface area contributed by atoms with E-state index in [2.05, 4.69) is 22.3 Å².